The van der Waals surface area contributed by atoms with Gasteiger partial charge in [0.05, 0.1) is 15.4 Å². The molecule has 0 spiro atoms. The maximum absolute atomic E-state index is 12.7. The second kappa shape index (κ2) is 6.03. The molecule has 3 heterocycles. The third-order valence-corrected chi connectivity index (χ3v) is 6.26. The first kappa shape index (κ1) is 15.9. The molecule has 0 aliphatic carbocycles. The summed E-state index contributed by atoms with van der Waals surface area (Å²) < 4.78 is 1.76. The number of hydrogen-bond donors (Lipinski definition) is 0. The average molecular weight is 377 g/mol. The molecule has 1 aliphatic rings. The maximum atomic E-state index is 12.7. The lowest BCUT2D eigenvalue weighted by molar-refractivity contribution is 0.726. The highest BCUT2D eigenvalue weighted by atomic mass is 35.5. The quantitative estimate of drug-likeness (QED) is 0.610. The van der Waals surface area contributed by atoms with E-state index in [4.69, 9.17) is 28.2 Å². The van der Waals surface area contributed by atoms with E-state index in [1.807, 2.05) is 24.3 Å². The molecule has 0 fully saturated rings. The van der Waals surface area contributed by atoms with Crippen LogP contribution in [-0.4, -0.2) is 9.55 Å². The highest BCUT2D eigenvalue weighted by Crippen LogP contribution is 2.33. The van der Waals surface area contributed by atoms with Crippen LogP contribution in [0.15, 0.2) is 29.1 Å². The van der Waals surface area contributed by atoms with Crippen molar-refractivity contribution in [3.63, 3.8) is 0 Å². The van der Waals surface area contributed by atoms with Gasteiger partial charge in [-0.05, 0) is 42.2 Å². The van der Waals surface area contributed by atoms with E-state index in [0.29, 0.717) is 16.6 Å². The van der Waals surface area contributed by atoms with E-state index in [-0.39, 0.29) is 5.56 Å². The monoisotopic (exact) mass is 376 g/mol. The zero-order valence-electron chi connectivity index (χ0n) is 13.0. The lowest BCUT2D eigenvalue weighted by Gasteiger charge is -2.04. The number of aryl methyl sites for hydroxylation is 1. The SMILES string of the molecule is CCc1cc2c(=O)n3c(nc2s1)/C(=C/c1cccc(Cl)c1Cl)CC3. The van der Waals surface area contributed by atoms with E-state index in [9.17, 15) is 4.79 Å². The van der Waals surface area contributed by atoms with Gasteiger partial charge in [0, 0.05) is 11.4 Å². The Morgan fingerprint density at radius 1 is 1.38 bits per heavy atom. The van der Waals surface area contributed by atoms with Gasteiger partial charge < -0.3 is 0 Å². The molecular formula is C18H14Cl2N2OS. The minimum Gasteiger partial charge on any atom is -0.292 e. The first-order valence-electron chi connectivity index (χ1n) is 7.76. The minimum absolute atomic E-state index is 0.0477. The molecule has 3 nitrogen and oxygen atoms in total. The van der Waals surface area contributed by atoms with Gasteiger partial charge >= 0.3 is 0 Å². The van der Waals surface area contributed by atoms with E-state index in [1.54, 1.807) is 22.0 Å². The molecule has 0 atom stereocenters. The third-order valence-electron chi connectivity index (χ3n) is 4.25. The number of halogens is 2. The van der Waals surface area contributed by atoms with Crippen molar-refractivity contribution in [3.8, 4) is 0 Å². The molecule has 24 heavy (non-hydrogen) atoms. The van der Waals surface area contributed by atoms with Crippen LogP contribution >= 0.6 is 34.5 Å². The van der Waals surface area contributed by atoms with E-state index in [0.717, 1.165) is 40.0 Å². The fourth-order valence-electron chi connectivity index (χ4n) is 2.99. The van der Waals surface area contributed by atoms with Gasteiger partial charge in [0.15, 0.2) is 0 Å². The van der Waals surface area contributed by atoms with Crippen molar-refractivity contribution in [1.82, 2.24) is 9.55 Å². The zero-order valence-corrected chi connectivity index (χ0v) is 15.3. The van der Waals surface area contributed by atoms with E-state index in [1.165, 1.54) is 4.88 Å². The number of benzene rings is 1. The van der Waals surface area contributed by atoms with Crippen molar-refractivity contribution in [2.24, 2.45) is 0 Å². The summed E-state index contributed by atoms with van der Waals surface area (Å²) in [6, 6.07) is 7.52. The van der Waals surface area contributed by atoms with Crippen molar-refractivity contribution < 1.29 is 0 Å². The Balaban J connectivity index is 1.89. The molecule has 6 heteroatoms. The smallest absolute Gasteiger partial charge is 0.262 e. The fourth-order valence-corrected chi connectivity index (χ4v) is 4.31. The normalized spacial score (nSPS) is 15.4. The molecule has 3 aromatic rings. The topological polar surface area (TPSA) is 34.9 Å². The molecule has 0 unspecified atom stereocenters. The molecule has 1 aromatic carbocycles. The molecule has 0 radical (unpaired) electrons. The number of hydrogen-bond acceptors (Lipinski definition) is 3. The van der Waals surface area contributed by atoms with E-state index < -0.39 is 0 Å². The Hall–Kier alpha value is -1.62. The Labute approximate surface area is 153 Å². The number of nitrogens with zero attached hydrogens (tertiary/aromatic N) is 2. The van der Waals surface area contributed by atoms with Gasteiger partial charge in [0.1, 0.15) is 10.7 Å². The van der Waals surface area contributed by atoms with Gasteiger partial charge in [0.2, 0.25) is 0 Å². The maximum Gasteiger partial charge on any atom is 0.262 e. The lowest BCUT2D eigenvalue weighted by atomic mass is 10.1. The molecule has 0 N–H and O–H groups in total. The minimum atomic E-state index is 0.0477. The molecule has 122 valence electrons. The van der Waals surface area contributed by atoms with Gasteiger partial charge in [-0.25, -0.2) is 4.98 Å². The van der Waals surface area contributed by atoms with Crippen LogP contribution in [0.5, 0.6) is 0 Å². The summed E-state index contributed by atoms with van der Waals surface area (Å²) in [5.74, 6) is 0.744. The summed E-state index contributed by atoms with van der Waals surface area (Å²) >= 11 is 14.0. The van der Waals surface area contributed by atoms with Crippen molar-refractivity contribution in [2.75, 3.05) is 0 Å². The van der Waals surface area contributed by atoms with Crippen molar-refractivity contribution in [3.05, 3.63) is 60.9 Å². The van der Waals surface area contributed by atoms with Gasteiger partial charge in [-0.1, -0.05) is 42.3 Å². The van der Waals surface area contributed by atoms with Crippen LogP contribution in [0.25, 0.3) is 21.9 Å². The summed E-state index contributed by atoms with van der Waals surface area (Å²) in [4.78, 5) is 19.5. The Bertz CT molecular complexity index is 1050. The molecule has 0 saturated heterocycles. The fraction of sp³-hybridized carbons (Fsp3) is 0.222. The molecule has 4 rings (SSSR count). The molecule has 0 saturated carbocycles. The van der Waals surface area contributed by atoms with Crippen molar-refractivity contribution in [1.29, 1.82) is 0 Å². The predicted molar refractivity (Wildman–Crippen MR) is 102 cm³/mol. The van der Waals surface area contributed by atoms with Gasteiger partial charge in [-0.2, -0.15) is 0 Å². The number of thiophene rings is 1. The van der Waals surface area contributed by atoms with Crippen LogP contribution < -0.4 is 5.56 Å². The van der Waals surface area contributed by atoms with E-state index in [2.05, 4.69) is 6.92 Å². The van der Waals surface area contributed by atoms with Gasteiger partial charge in [0.25, 0.3) is 5.56 Å². The van der Waals surface area contributed by atoms with Gasteiger partial charge in [-0.15, -0.1) is 11.3 Å². The number of aromatic nitrogens is 2. The highest BCUT2D eigenvalue weighted by molar-refractivity contribution is 7.18. The molecule has 2 aromatic heterocycles. The van der Waals surface area contributed by atoms with Crippen molar-refractivity contribution in [2.45, 2.75) is 26.3 Å². The van der Waals surface area contributed by atoms with Crippen LogP contribution in [0, 0.1) is 0 Å². The first-order valence-corrected chi connectivity index (χ1v) is 9.34. The Kier molecular flexibility index (Phi) is 3.99. The molecule has 0 amide bonds. The number of allylic oxidation sites excluding steroid dienone is 1. The number of rotatable bonds is 2. The standard InChI is InChI=1S/C18H14Cl2N2OS/c1-2-12-9-13-17(24-12)21-16-11(6-7-22(16)18(13)23)8-10-4-3-5-14(19)15(10)20/h3-5,8-9H,2,6-7H2,1H3/b11-8+. The van der Waals surface area contributed by atoms with Crippen LogP contribution in [0.3, 0.4) is 0 Å². The number of fused-ring (bicyclic) bond motifs is 2. The van der Waals surface area contributed by atoms with Crippen LogP contribution in [0.4, 0.5) is 0 Å². The zero-order chi connectivity index (χ0) is 16.8. The molecular weight excluding hydrogens is 363 g/mol. The third kappa shape index (κ3) is 2.50. The van der Waals surface area contributed by atoms with E-state index >= 15 is 0 Å². The summed E-state index contributed by atoms with van der Waals surface area (Å²) in [5.41, 5.74) is 1.92. The highest BCUT2D eigenvalue weighted by Gasteiger charge is 2.22. The molecule has 0 bridgehead atoms. The van der Waals surface area contributed by atoms with Crippen LogP contribution in [0.2, 0.25) is 10.0 Å². The lowest BCUT2D eigenvalue weighted by Crippen LogP contribution is -2.19. The Morgan fingerprint density at radius 3 is 3.00 bits per heavy atom. The first-order chi connectivity index (χ1) is 11.6. The summed E-state index contributed by atoms with van der Waals surface area (Å²) in [7, 11) is 0. The second-order valence-corrected chi connectivity index (χ2v) is 7.64. The van der Waals surface area contributed by atoms with Gasteiger partial charge in [-0.3, -0.25) is 9.36 Å². The van der Waals surface area contributed by atoms with Crippen LogP contribution in [-0.2, 0) is 13.0 Å². The largest absolute Gasteiger partial charge is 0.292 e. The Morgan fingerprint density at radius 2 is 2.21 bits per heavy atom. The summed E-state index contributed by atoms with van der Waals surface area (Å²) in [6.45, 7) is 2.74. The summed E-state index contributed by atoms with van der Waals surface area (Å²) in [6.07, 6.45) is 3.67. The summed E-state index contributed by atoms with van der Waals surface area (Å²) in [5, 5.41) is 1.77. The van der Waals surface area contributed by atoms with Crippen molar-refractivity contribution >= 4 is 56.4 Å². The average Bonchev–Trinajstić information content (AvgIpc) is 3.17. The molecule has 1 aliphatic heterocycles. The predicted octanol–water partition coefficient (Wildman–Crippen LogP) is 5.27. The second-order valence-electron chi connectivity index (χ2n) is 5.74. The van der Waals surface area contributed by atoms with Crippen LogP contribution in [0.1, 0.15) is 29.6 Å².